The molecule has 0 unspecified atom stereocenters. The van der Waals surface area contributed by atoms with Gasteiger partial charge in [0.15, 0.2) is 0 Å². The average Bonchev–Trinajstić information content (AvgIpc) is 3.19. The molecule has 4 rings (SSSR count). The normalized spacial score (nSPS) is 23.9. The predicted molar refractivity (Wildman–Crippen MR) is 80.2 cm³/mol. The number of rotatable bonds is 3. The fourth-order valence-electron chi connectivity index (χ4n) is 3.44. The van der Waals surface area contributed by atoms with Crippen LogP contribution in [0.25, 0.3) is 0 Å². The third-order valence-corrected chi connectivity index (χ3v) is 4.95. The number of hydrogen-bond donors (Lipinski definition) is 1. The van der Waals surface area contributed by atoms with Crippen molar-refractivity contribution in [1.29, 1.82) is 0 Å². The molecule has 0 spiro atoms. The van der Waals surface area contributed by atoms with Gasteiger partial charge >= 0.3 is 0 Å². The van der Waals surface area contributed by atoms with Crippen molar-refractivity contribution in [1.82, 2.24) is 14.9 Å². The highest BCUT2D eigenvalue weighted by Crippen LogP contribution is 2.40. The summed E-state index contributed by atoms with van der Waals surface area (Å²) < 4.78 is 0. The Kier molecular flexibility index (Phi) is 3.14. The summed E-state index contributed by atoms with van der Waals surface area (Å²) in [5.41, 5.74) is 2.74. The predicted octanol–water partition coefficient (Wildman–Crippen LogP) is 2.35. The first-order chi connectivity index (χ1) is 9.79. The van der Waals surface area contributed by atoms with Gasteiger partial charge in [-0.25, -0.2) is 9.97 Å². The zero-order valence-electron chi connectivity index (χ0n) is 12.4. The van der Waals surface area contributed by atoms with Crippen LogP contribution in [0.15, 0.2) is 0 Å². The van der Waals surface area contributed by atoms with E-state index < -0.39 is 0 Å². The van der Waals surface area contributed by atoms with Crippen molar-refractivity contribution in [3.63, 3.8) is 0 Å². The molecule has 0 amide bonds. The van der Waals surface area contributed by atoms with Gasteiger partial charge in [0.25, 0.3) is 0 Å². The summed E-state index contributed by atoms with van der Waals surface area (Å²) >= 11 is 0. The molecule has 1 aliphatic heterocycles. The van der Waals surface area contributed by atoms with Crippen molar-refractivity contribution < 1.29 is 0 Å². The summed E-state index contributed by atoms with van der Waals surface area (Å²) in [4.78, 5) is 12.1. The fourth-order valence-corrected chi connectivity index (χ4v) is 3.44. The molecule has 0 radical (unpaired) electrons. The molecular weight excluding hydrogens is 248 g/mol. The number of likely N-dealkylation sites (tertiary alicyclic amines) is 1. The number of nitrogens with zero attached hydrogens (tertiary/aromatic N) is 3. The molecule has 4 heteroatoms. The van der Waals surface area contributed by atoms with E-state index in [9.17, 15) is 0 Å². The maximum atomic E-state index is 4.88. The Morgan fingerprint density at radius 3 is 2.60 bits per heavy atom. The molecule has 1 N–H and O–H groups in total. The van der Waals surface area contributed by atoms with Crippen LogP contribution in [-0.4, -0.2) is 41.0 Å². The lowest BCUT2D eigenvalue weighted by atomic mass is 10.1. The van der Waals surface area contributed by atoms with E-state index in [0.717, 1.165) is 18.7 Å². The first-order valence-electron chi connectivity index (χ1n) is 8.14. The molecule has 3 aliphatic rings. The standard InChI is InChI=1S/C16H24N4/c1-20-9-7-12(8-10-20)17-16-13-3-2-4-14(13)18-15(19-16)11-5-6-11/h11-12H,2-10H2,1H3,(H,17,18,19). The van der Waals surface area contributed by atoms with Crippen molar-refractivity contribution in [2.24, 2.45) is 0 Å². The zero-order chi connectivity index (χ0) is 13.5. The Morgan fingerprint density at radius 2 is 1.85 bits per heavy atom. The van der Waals surface area contributed by atoms with Crippen LogP contribution in [0.3, 0.4) is 0 Å². The molecule has 4 nitrogen and oxygen atoms in total. The Balaban J connectivity index is 1.57. The molecule has 0 aromatic carbocycles. The van der Waals surface area contributed by atoms with Crippen LogP contribution in [0, 0.1) is 0 Å². The number of nitrogens with one attached hydrogen (secondary N) is 1. The van der Waals surface area contributed by atoms with Gasteiger partial charge in [-0.3, -0.25) is 0 Å². The van der Waals surface area contributed by atoms with Gasteiger partial charge in [-0.1, -0.05) is 0 Å². The van der Waals surface area contributed by atoms with Gasteiger partial charge in [-0.2, -0.15) is 0 Å². The van der Waals surface area contributed by atoms with Gasteiger partial charge in [0.1, 0.15) is 11.6 Å². The van der Waals surface area contributed by atoms with Crippen LogP contribution in [0.4, 0.5) is 5.82 Å². The van der Waals surface area contributed by atoms with E-state index in [4.69, 9.17) is 9.97 Å². The first-order valence-corrected chi connectivity index (χ1v) is 8.14. The fraction of sp³-hybridized carbons (Fsp3) is 0.750. The third-order valence-electron chi connectivity index (χ3n) is 4.95. The van der Waals surface area contributed by atoms with Gasteiger partial charge in [0.05, 0.1) is 0 Å². The maximum Gasteiger partial charge on any atom is 0.134 e. The molecule has 108 valence electrons. The highest BCUT2D eigenvalue weighted by molar-refractivity contribution is 5.50. The average molecular weight is 272 g/mol. The molecule has 2 fully saturated rings. The smallest absolute Gasteiger partial charge is 0.134 e. The van der Waals surface area contributed by atoms with Crippen molar-refractivity contribution in [3.8, 4) is 0 Å². The van der Waals surface area contributed by atoms with Crippen molar-refractivity contribution in [2.75, 3.05) is 25.5 Å². The summed E-state index contributed by atoms with van der Waals surface area (Å²) in [6.07, 6.45) is 8.59. The van der Waals surface area contributed by atoms with Crippen LogP contribution in [-0.2, 0) is 12.8 Å². The summed E-state index contributed by atoms with van der Waals surface area (Å²) in [7, 11) is 2.21. The van der Waals surface area contributed by atoms with E-state index in [1.165, 1.54) is 62.3 Å². The van der Waals surface area contributed by atoms with E-state index in [1.54, 1.807) is 0 Å². The van der Waals surface area contributed by atoms with Crippen molar-refractivity contribution >= 4 is 5.82 Å². The SMILES string of the molecule is CN1CCC(Nc2nc(C3CC3)nc3c2CCC3)CC1. The maximum absolute atomic E-state index is 4.88. The highest BCUT2D eigenvalue weighted by Gasteiger charge is 2.30. The molecule has 20 heavy (non-hydrogen) atoms. The van der Waals surface area contributed by atoms with E-state index in [2.05, 4.69) is 17.3 Å². The second kappa shape index (κ2) is 4.99. The number of anilines is 1. The Labute approximate surface area is 121 Å². The molecule has 1 aromatic heterocycles. The lowest BCUT2D eigenvalue weighted by Crippen LogP contribution is -2.37. The van der Waals surface area contributed by atoms with Crippen molar-refractivity contribution in [2.45, 2.75) is 56.9 Å². The number of fused-ring (bicyclic) bond motifs is 1. The summed E-state index contributed by atoms with van der Waals surface area (Å²) in [6.45, 7) is 2.39. The highest BCUT2D eigenvalue weighted by atomic mass is 15.1. The number of piperidine rings is 1. The first kappa shape index (κ1) is 12.6. The van der Waals surface area contributed by atoms with E-state index >= 15 is 0 Å². The van der Waals surface area contributed by atoms with Crippen LogP contribution >= 0.6 is 0 Å². The Hall–Kier alpha value is -1.16. The minimum atomic E-state index is 0.595. The lowest BCUT2D eigenvalue weighted by molar-refractivity contribution is 0.263. The molecule has 2 heterocycles. The Morgan fingerprint density at radius 1 is 1.05 bits per heavy atom. The van der Waals surface area contributed by atoms with E-state index in [0.29, 0.717) is 12.0 Å². The number of aromatic nitrogens is 2. The van der Waals surface area contributed by atoms with Crippen LogP contribution < -0.4 is 5.32 Å². The largest absolute Gasteiger partial charge is 0.367 e. The summed E-state index contributed by atoms with van der Waals surface area (Å²) in [6, 6.07) is 0.595. The van der Waals surface area contributed by atoms with Crippen molar-refractivity contribution in [3.05, 3.63) is 17.1 Å². The summed E-state index contributed by atoms with van der Waals surface area (Å²) in [5, 5.41) is 3.75. The molecule has 0 bridgehead atoms. The van der Waals surface area contributed by atoms with Crippen LogP contribution in [0.5, 0.6) is 0 Å². The molecular formula is C16H24N4. The van der Waals surface area contributed by atoms with Gasteiger partial charge in [0.2, 0.25) is 0 Å². The zero-order valence-corrected chi connectivity index (χ0v) is 12.4. The van der Waals surface area contributed by atoms with Gasteiger partial charge < -0.3 is 10.2 Å². The lowest BCUT2D eigenvalue weighted by Gasteiger charge is -2.30. The molecule has 2 aliphatic carbocycles. The molecule has 1 saturated carbocycles. The second-order valence-corrected chi connectivity index (χ2v) is 6.71. The molecule has 0 atom stereocenters. The number of aryl methyl sites for hydroxylation is 1. The Bertz CT molecular complexity index is 501. The van der Waals surface area contributed by atoms with Gasteiger partial charge in [-0.05, 0) is 65.1 Å². The number of hydrogen-bond acceptors (Lipinski definition) is 4. The quantitative estimate of drug-likeness (QED) is 0.917. The molecule has 1 aromatic rings. The third kappa shape index (κ3) is 2.41. The monoisotopic (exact) mass is 272 g/mol. The van der Waals surface area contributed by atoms with Crippen LogP contribution in [0.1, 0.15) is 55.1 Å². The topological polar surface area (TPSA) is 41.0 Å². The minimum absolute atomic E-state index is 0.595. The molecule has 1 saturated heterocycles. The second-order valence-electron chi connectivity index (χ2n) is 6.71. The summed E-state index contributed by atoms with van der Waals surface area (Å²) in [5.74, 6) is 2.93. The van der Waals surface area contributed by atoms with E-state index in [1.807, 2.05) is 0 Å². The van der Waals surface area contributed by atoms with Crippen LogP contribution in [0.2, 0.25) is 0 Å². The van der Waals surface area contributed by atoms with Gasteiger partial charge in [-0.15, -0.1) is 0 Å². The van der Waals surface area contributed by atoms with E-state index in [-0.39, 0.29) is 0 Å². The van der Waals surface area contributed by atoms with Gasteiger partial charge in [0, 0.05) is 23.2 Å². The minimum Gasteiger partial charge on any atom is -0.367 e.